The van der Waals surface area contributed by atoms with Gasteiger partial charge in [-0.1, -0.05) is 0 Å². The van der Waals surface area contributed by atoms with Gasteiger partial charge in [-0.2, -0.15) is 0 Å². The van der Waals surface area contributed by atoms with E-state index in [9.17, 15) is 4.79 Å². The zero-order valence-corrected chi connectivity index (χ0v) is 12.4. The molecule has 1 aliphatic rings. The van der Waals surface area contributed by atoms with E-state index in [1.807, 2.05) is 12.1 Å². The second-order valence-corrected chi connectivity index (χ2v) is 5.67. The number of halogens is 1. The number of amides is 1. The maximum atomic E-state index is 10.8. The van der Waals surface area contributed by atoms with E-state index in [-0.39, 0.29) is 5.91 Å². The van der Waals surface area contributed by atoms with E-state index in [1.54, 1.807) is 0 Å². The van der Waals surface area contributed by atoms with Gasteiger partial charge in [0.2, 0.25) is 5.91 Å². The summed E-state index contributed by atoms with van der Waals surface area (Å²) in [5.74, 6) is 0.727. The molecule has 6 heteroatoms. The number of piperidine rings is 1. The number of nitrogens with two attached hydrogens (primary N) is 1. The molecular formula is C12H18IN3O2. The first-order chi connectivity index (χ1) is 8.63. The molecular weight excluding hydrogens is 345 g/mol. The van der Waals surface area contributed by atoms with Crippen LogP contribution < -0.4 is 11.1 Å². The van der Waals surface area contributed by atoms with Crippen LogP contribution in [-0.2, 0) is 11.3 Å². The van der Waals surface area contributed by atoms with Gasteiger partial charge in [-0.25, -0.2) is 0 Å². The largest absolute Gasteiger partial charge is 0.454 e. The van der Waals surface area contributed by atoms with Crippen LogP contribution in [0.5, 0.6) is 0 Å². The SMILES string of the molecule is NC(=O)CN1CCC(NCc2ccc(I)o2)CC1. The van der Waals surface area contributed by atoms with Gasteiger partial charge in [-0.3, -0.25) is 9.69 Å². The van der Waals surface area contributed by atoms with Crippen molar-refractivity contribution < 1.29 is 9.21 Å². The molecule has 0 bridgehead atoms. The van der Waals surface area contributed by atoms with Crippen molar-refractivity contribution in [2.24, 2.45) is 5.73 Å². The number of nitrogens with zero attached hydrogens (tertiary/aromatic N) is 1. The van der Waals surface area contributed by atoms with E-state index in [0.29, 0.717) is 12.6 Å². The van der Waals surface area contributed by atoms with Gasteiger partial charge in [-0.05, 0) is 47.6 Å². The van der Waals surface area contributed by atoms with Gasteiger partial charge in [-0.15, -0.1) is 0 Å². The predicted molar refractivity (Wildman–Crippen MR) is 76.9 cm³/mol. The maximum Gasteiger partial charge on any atom is 0.231 e. The van der Waals surface area contributed by atoms with Crippen molar-refractivity contribution in [1.29, 1.82) is 0 Å². The van der Waals surface area contributed by atoms with Crippen molar-refractivity contribution in [2.75, 3.05) is 19.6 Å². The minimum atomic E-state index is -0.244. The molecule has 0 unspecified atom stereocenters. The summed E-state index contributed by atoms with van der Waals surface area (Å²) in [6, 6.07) is 4.46. The molecule has 1 aromatic rings. The molecule has 1 fully saturated rings. The first-order valence-electron chi connectivity index (χ1n) is 6.12. The van der Waals surface area contributed by atoms with Crippen LogP contribution in [0.25, 0.3) is 0 Å². The van der Waals surface area contributed by atoms with E-state index in [1.165, 1.54) is 0 Å². The Bertz CT molecular complexity index is 400. The lowest BCUT2D eigenvalue weighted by molar-refractivity contribution is -0.119. The van der Waals surface area contributed by atoms with Gasteiger partial charge < -0.3 is 15.5 Å². The number of hydrogen-bond acceptors (Lipinski definition) is 4. The van der Waals surface area contributed by atoms with Crippen molar-refractivity contribution >= 4 is 28.5 Å². The molecule has 1 aromatic heterocycles. The second-order valence-electron chi connectivity index (χ2n) is 4.60. The first-order valence-corrected chi connectivity index (χ1v) is 7.19. The quantitative estimate of drug-likeness (QED) is 0.764. The Hall–Kier alpha value is -0.600. The topological polar surface area (TPSA) is 71.5 Å². The van der Waals surface area contributed by atoms with Crippen LogP contribution in [0.1, 0.15) is 18.6 Å². The number of nitrogens with one attached hydrogen (secondary N) is 1. The zero-order valence-electron chi connectivity index (χ0n) is 10.2. The molecule has 1 aliphatic heterocycles. The van der Waals surface area contributed by atoms with Crippen molar-refractivity contribution in [3.05, 3.63) is 21.7 Å². The summed E-state index contributed by atoms with van der Waals surface area (Å²) in [7, 11) is 0. The van der Waals surface area contributed by atoms with E-state index in [0.717, 1.165) is 42.0 Å². The fourth-order valence-corrected chi connectivity index (χ4v) is 2.67. The number of furan rings is 1. The third kappa shape index (κ3) is 4.25. The molecule has 3 N–H and O–H groups in total. The van der Waals surface area contributed by atoms with Crippen LogP contribution in [0.2, 0.25) is 0 Å². The molecule has 0 spiro atoms. The zero-order chi connectivity index (χ0) is 13.0. The molecule has 0 saturated carbocycles. The Morgan fingerprint density at radius 3 is 2.78 bits per heavy atom. The van der Waals surface area contributed by atoms with E-state index in [2.05, 4.69) is 32.8 Å². The van der Waals surface area contributed by atoms with Crippen LogP contribution in [0.3, 0.4) is 0 Å². The molecule has 1 amide bonds. The van der Waals surface area contributed by atoms with Crippen LogP contribution in [0.15, 0.2) is 16.5 Å². The summed E-state index contributed by atoms with van der Waals surface area (Å²) >= 11 is 2.16. The van der Waals surface area contributed by atoms with Gasteiger partial charge in [0.25, 0.3) is 0 Å². The van der Waals surface area contributed by atoms with Crippen LogP contribution in [-0.4, -0.2) is 36.5 Å². The van der Waals surface area contributed by atoms with Gasteiger partial charge in [0.1, 0.15) is 5.76 Å². The highest BCUT2D eigenvalue weighted by molar-refractivity contribution is 14.1. The fraction of sp³-hybridized carbons (Fsp3) is 0.583. The Balaban J connectivity index is 1.69. The molecule has 0 radical (unpaired) electrons. The summed E-state index contributed by atoms with van der Waals surface area (Å²) in [5, 5.41) is 3.49. The number of likely N-dealkylation sites (tertiary alicyclic amines) is 1. The average molecular weight is 363 g/mol. The standard InChI is InChI=1S/C12H18IN3O2/c13-11-2-1-10(18-11)7-15-9-3-5-16(6-4-9)8-12(14)17/h1-2,9,15H,3-8H2,(H2,14,17). The molecule has 1 saturated heterocycles. The number of carbonyl (C=O) groups excluding carboxylic acids is 1. The lowest BCUT2D eigenvalue weighted by atomic mass is 10.1. The van der Waals surface area contributed by atoms with Crippen molar-refractivity contribution in [2.45, 2.75) is 25.4 Å². The summed E-state index contributed by atoms with van der Waals surface area (Å²) in [5.41, 5.74) is 5.19. The Kier molecular flexibility index (Phi) is 5.02. The maximum absolute atomic E-state index is 10.8. The van der Waals surface area contributed by atoms with Gasteiger partial charge >= 0.3 is 0 Å². The summed E-state index contributed by atoms with van der Waals surface area (Å²) in [4.78, 5) is 12.9. The predicted octanol–water partition coefficient (Wildman–Crippen LogP) is 0.924. The monoisotopic (exact) mass is 363 g/mol. The smallest absolute Gasteiger partial charge is 0.231 e. The highest BCUT2D eigenvalue weighted by Crippen LogP contribution is 2.13. The molecule has 2 rings (SSSR count). The van der Waals surface area contributed by atoms with Crippen molar-refractivity contribution in [3.8, 4) is 0 Å². The number of rotatable bonds is 5. The number of hydrogen-bond donors (Lipinski definition) is 2. The van der Waals surface area contributed by atoms with Gasteiger partial charge in [0.15, 0.2) is 3.77 Å². The lowest BCUT2D eigenvalue weighted by Gasteiger charge is -2.31. The minimum absolute atomic E-state index is 0.244. The van der Waals surface area contributed by atoms with E-state index < -0.39 is 0 Å². The summed E-state index contributed by atoms with van der Waals surface area (Å²) in [6.07, 6.45) is 2.09. The molecule has 0 aliphatic carbocycles. The minimum Gasteiger partial charge on any atom is -0.454 e. The molecule has 100 valence electrons. The van der Waals surface area contributed by atoms with Crippen LogP contribution >= 0.6 is 22.6 Å². The normalized spacial score (nSPS) is 18.1. The van der Waals surface area contributed by atoms with Crippen molar-refractivity contribution in [1.82, 2.24) is 10.2 Å². The highest BCUT2D eigenvalue weighted by Gasteiger charge is 2.19. The summed E-state index contributed by atoms with van der Waals surface area (Å²) in [6.45, 7) is 3.00. The van der Waals surface area contributed by atoms with E-state index >= 15 is 0 Å². The average Bonchev–Trinajstić information content (AvgIpc) is 2.74. The first kappa shape index (κ1) is 13.8. The Morgan fingerprint density at radius 1 is 1.50 bits per heavy atom. The second kappa shape index (κ2) is 6.53. The van der Waals surface area contributed by atoms with E-state index in [4.69, 9.17) is 10.2 Å². The molecule has 2 heterocycles. The highest BCUT2D eigenvalue weighted by atomic mass is 127. The molecule has 18 heavy (non-hydrogen) atoms. The van der Waals surface area contributed by atoms with Crippen molar-refractivity contribution in [3.63, 3.8) is 0 Å². The van der Waals surface area contributed by atoms with Gasteiger partial charge in [0, 0.05) is 19.1 Å². The van der Waals surface area contributed by atoms with Crippen LogP contribution in [0, 0.1) is 3.77 Å². The number of carbonyl (C=O) groups is 1. The Labute approximate surface area is 120 Å². The molecule has 0 aromatic carbocycles. The molecule has 0 atom stereocenters. The lowest BCUT2D eigenvalue weighted by Crippen LogP contribution is -2.45. The van der Waals surface area contributed by atoms with Crippen LogP contribution in [0.4, 0.5) is 0 Å². The third-order valence-corrected chi connectivity index (χ3v) is 3.74. The molecule has 5 nitrogen and oxygen atoms in total. The van der Waals surface area contributed by atoms with Gasteiger partial charge in [0.05, 0.1) is 13.1 Å². The third-order valence-electron chi connectivity index (χ3n) is 3.16. The summed E-state index contributed by atoms with van der Waals surface area (Å²) < 4.78 is 6.42. The Morgan fingerprint density at radius 2 is 2.22 bits per heavy atom. The fourth-order valence-electron chi connectivity index (χ4n) is 2.21. The number of primary amides is 1.